The lowest BCUT2D eigenvalue weighted by Gasteiger charge is -2.29. The van der Waals surface area contributed by atoms with E-state index in [0.717, 1.165) is 37.7 Å². The van der Waals surface area contributed by atoms with Crippen LogP contribution in [0.15, 0.2) is 18.3 Å². The summed E-state index contributed by atoms with van der Waals surface area (Å²) in [6.45, 7) is 8.57. The maximum absolute atomic E-state index is 12.6. The van der Waals surface area contributed by atoms with Crippen LogP contribution in [0, 0.1) is 5.92 Å². The van der Waals surface area contributed by atoms with Gasteiger partial charge in [0.1, 0.15) is 5.82 Å². The zero-order chi connectivity index (χ0) is 16.7. The van der Waals surface area contributed by atoms with Crippen molar-refractivity contribution >= 4 is 11.7 Å². The van der Waals surface area contributed by atoms with Crippen LogP contribution in [0.4, 0.5) is 5.82 Å². The summed E-state index contributed by atoms with van der Waals surface area (Å²) in [7, 11) is 0. The van der Waals surface area contributed by atoms with Crippen molar-refractivity contribution in [1.82, 2.24) is 10.3 Å². The Balaban J connectivity index is 1.96. The molecule has 1 atom stereocenters. The minimum atomic E-state index is 0.00993. The van der Waals surface area contributed by atoms with Crippen LogP contribution in [-0.4, -0.2) is 30.0 Å². The molecular weight excluding hydrogens is 286 g/mol. The minimum absolute atomic E-state index is 0.00993. The number of rotatable bonds is 7. The molecule has 1 fully saturated rings. The molecule has 1 saturated heterocycles. The number of nitrogens with zero attached hydrogens (tertiary/aromatic N) is 2. The number of carbonyl (C=O) groups is 1. The maximum Gasteiger partial charge on any atom is 0.255 e. The highest BCUT2D eigenvalue weighted by Crippen LogP contribution is 2.21. The van der Waals surface area contributed by atoms with Crippen molar-refractivity contribution in [2.24, 2.45) is 5.92 Å². The predicted octanol–water partition coefficient (Wildman–Crippen LogP) is 4.02. The van der Waals surface area contributed by atoms with E-state index >= 15 is 0 Å². The van der Waals surface area contributed by atoms with Gasteiger partial charge in [-0.25, -0.2) is 4.98 Å². The van der Waals surface area contributed by atoms with E-state index in [9.17, 15) is 4.79 Å². The largest absolute Gasteiger partial charge is 0.356 e. The Bertz CT molecular complexity index is 495. The fourth-order valence-electron chi connectivity index (χ4n) is 3.14. The fraction of sp³-hybridized carbons (Fsp3) is 0.684. The van der Waals surface area contributed by atoms with Crippen molar-refractivity contribution in [2.75, 3.05) is 18.0 Å². The van der Waals surface area contributed by atoms with Gasteiger partial charge in [-0.15, -0.1) is 0 Å². The van der Waals surface area contributed by atoms with Crippen LogP contribution < -0.4 is 10.2 Å². The second kappa shape index (κ2) is 8.90. The smallest absolute Gasteiger partial charge is 0.255 e. The Morgan fingerprint density at radius 1 is 1.22 bits per heavy atom. The van der Waals surface area contributed by atoms with Gasteiger partial charge in [0, 0.05) is 25.3 Å². The fourth-order valence-corrected chi connectivity index (χ4v) is 3.14. The summed E-state index contributed by atoms with van der Waals surface area (Å²) in [6.07, 6.45) is 8.83. The molecule has 2 heterocycles. The van der Waals surface area contributed by atoms with Gasteiger partial charge >= 0.3 is 0 Å². The average Bonchev–Trinajstić information content (AvgIpc) is 2.55. The number of hydrogen-bond acceptors (Lipinski definition) is 3. The van der Waals surface area contributed by atoms with E-state index in [0.29, 0.717) is 5.56 Å². The highest BCUT2D eigenvalue weighted by molar-refractivity contribution is 5.99. The van der Waals surface area contributed by atoms with Gasteiger partial charge in [-0.05, 0) is 50.7 Å². The van der Waals surface area contributed by atoms with Gasteiger partial charge in [0.05, 0.1) is 5.56 Å². The first-order valence-corrected chi connectivity index (χ1v) is 9.08. The summed E-state index contributed by atoms with van der Waals surface area (Å²) in [5.41, 5.74) is 0.713. The number of amides is 1. The Morgan fingerprint density at radius 2 is 1.96 bits per heavy atom. The molecule has 1 aromatic heterocycles. The van der Waals surface area contributed by atoms with Crippen LogP contribution in [0.2, 0.25) is 0 Å². The van der Waals surface area contributed by atoms with Crippen molar-refractivity contribution in [3.05, 3.63) is 23.9 Å². The molecule has 1 aliphatic rings. The van der Waals surface area contributed by atoms with Gasteiger partial charge in [0.25, 0.3) is 5.91 Å². The third kappa shape index (κ3) is 5.52. The zero-order valence-electron chi connectivity index (χ0n) is 14.8. The summed E-state index contributed by atoms with van der Waals surface area (Å²) in [6, 6.07) is 3.95. The lowest BCUT2D eigenvalue weighted by atomic mass is 10.0. The van der Waals surface area contributed by atoms with Gasteiger partial charge < -0.3 is 10.2 Å². The van der Waals surface area contributed by atoms with E-state index in [1.54, 1.807) is 6.20 Å². The van der Waals surface area contributed by atoms with Gasteiger partial charge in [0.15, 0.2) is 0 Å². The monoisotopic (exact) mass is 317 g/mol. The standard InChI is InChI=1S/C19H31N3O/c1-15(2)9-7-10-16(3)21-19(23)17-11-8-12-20-18(17)22-13-5-4-6-14-22/h8,11-12,15-16H,4-7,9-10,13-14H2,1-3H3,(H,21,23). The van der Waals surface area contributed by atoms with E-state index < -0.39 is 0 Å². The van der Waals surface area contributed by atoms with Crippen LogP contribution in [-0.2, 0) is 0 Å². The Kier molecular flexibility index (Phi) is 6.87. The first-order chi connectivity index (χ1) is 11.1. The maximum atomic E-state index is 12.6. The molecule has 0 aromatic carbocycles. The van der Waals surface area contributed by atoms with Crippen molar-refractivity contribution in [1.29, 1.82) is 0 Å². The molecule has 0 saturated carbocycles. The molecule has 0 bridgehead atoms. The molecule has 23 heavy (non-hydrogen) atoms. The highest BCUT2D eigenvalue weighted by atomic mass is 16.1. The van der Waals surface area contributed by atoms with Gasteiger partial charge in [-0.2, -0.15) is 0 Å². The summed E-state index contributed by atoms with van der Waals surface area (Å²) >= 11 is 0. The van der Waals surface area contributed by atoms with E-state index in [1.807, 2.05) is 12.1 Å². The molecule has 4 nitrogen and oxygen atoms in total. The topological polar surface area (TPSA) is 45.2 Å². The first-order valence-electron chi connectivity index (χ1n) is 9.08. The summed E-state index contributed by atoms with van der Waals surface area (Å²) in [5.74, 6) is 1.58. The molecule has 4 heteroatoms. The van der Waals surface area contributed by atoms with Crippen LogP contribution >= 0.6 is 0 Å². The van der Waals surface area contributed by atoms with Crippen molar-refractivity contribution < 1.29 is 4.79 Å². The predicted molar refractivity (Wildman–Crippen MR) is 95.9 cm³/mol. The molecule has 0 radical (unpaired) electrons. The van der Waals surface area contributed by atoms with Crippen LogP contribution in [0.1, 0.15) is 69.7 Å². The molecule has 0 aliphatic carbocycles. The summed E-state index contributed by atoms with van der Waals surface area (Å²) in [5, 5.41) is 3.14. The minimum Gasteiger partial charge on any atom is -0.356 e. The zero-order valence-corrected chi connectivity index (χ0v) is 14.8. The quantitative estimate of drug-likeness (QED) is 0.826. The summed E-state index contributed by atoms with van der Waals surface area (Å²) < 4.78 is 0. The van der Waals surface area contributed by atoms with E-state index in [2.05, 4.69) is 36.0 Å². The molecule has 1 amide bonds. The molecule has 2 rings (SSSR count). The van der Waals surface area contributed by atoms with E-state index in [-0.39, 0.29) is 11.9 Å². The summed E-state index contributed by atoms with van der Waals surface area (Å²) in [4.78, 5) is 19.4. The number of hydrogen-bond donors (Lipinski definition) is 1. The highest BCUT2D eigenvalue weighted by Gasteiger charge is 2.20. The van der Waals surface area contributed by atoms with Gasteiger partial charge in [-0.3, -0.25) is 4.79 Å². The molecule has 1 aliphatic heterocycles. The van der Waals surface area contributed by atoms with Gasteiger partial charge in [0.2, 0.25) is 0 Å². The second-order valence-corrected chi connectivity index (χ2v) is 7.12. The number of carbonyl (C=O) groups excluding carboxylic acids is 1. The third-order valence-corrected chi connectivity index (χ3v) is 4.48. The molecule has 1 N–H and O–H groups in total. The number of pyridine rings is 1. The van der Waals surface area contributed by atoms with E-state index in [1.165, 1.54) is 25.7 Å². The van der Waals surface area contributed by atoms with Crippen molar-refractivity contribution in [2.45, 2.75) is 65.3 Å². The SMILES string of the molecule is CC(C)CCCC(C)NC(=O)c1cccnc1N1CCCCC1. The molecular formula is C19H31N3O. The Morgan fingerprint density at radius 3 is 2.65 bits per heavy atom. The normalized spacial score (nSPS) is 16.4. The average molecular weight is 317 g/mol. The second-order valence-electron chi connectivity index (χ2n) is 7.12. The van der Waals surface area contributed by atoms with Gasteiger partial charge in [-0.1, -0.05) is 26.7 Å². The lowest BCUT2D eigenvalue weighted by Crippen LogP contribution is -2.36. The molecule has 0 spiro atoms. The Hall–Kier alpha value is -1.58. The number of nitrogens with one attached hydrogen (secondary N) is 1. The van der Waals surface area contributed by atoms with E-state index in [4.69, 9.17) is 0 Å². The molecule has 128 valence electrons. The van der Waals surface area contributed by atoms with Crippen molar-refractivity contribution in [3.8, 4) is 0 Å². The van der Waals surface area contributed by atoms with Crippen LogP contribution in [0.5, 0.6) is 0 Å². The third-order valence-electron chi connectivity index (χ3n) is 4.48. The van der Waals surface area contributed by atoms with Crippen molar-refractivity contribution in [3.63, 3.8) is 0 Å². The first kappa shape index (κ1) is 17.8. The number of anilines is 1. The van der Waals surface area contributed by atoms with Crippen LogP contribution in [0.3, 0.4) is 0 Å². The molecule has 1 aromatic rings. The molecule has 1 unspecified atom stereocenters. The lowest BCUT2D eigenvalue weighted by molar-refractivity contribution is 0.0938. The number of aromatic nitrogens is 1. The Labute approximate surface area is 140 Å². The van der Waals surface area contributed by atoms with Crippen LogP contribution in [0.25, 0.3) is 0 Å². The number of piperidine rings is 1.